The Bertz CT molecular complexity index is 520. The third-order valence-corrected chi connectivity index (χ3v) is 2.27. The fourth-order valence-corrected chi connectivity index (χ4v) is 1.41. The van der Waals surface area contributed by atoms with Gasteiger partial charge in [-0.05, 0) is 23.8 Å². The van der Waals surface area contributed by atoms with Gasteiger partial charge < -0.3 is 5.11 Å². The number of hydrogen-bond acceptors (Lipinski definition) is 2. The molecule has 0 aliphatic heterocycles. The molecule has 0 bridgehead atoms. The number of nitrogens with zero attached hydrogens (tertiary/aromatic N) is 1. The van der Waals surface area contributed by atoms with E-state index in [4.69, 9.17) is 5.11 Å². The normalized spacial score (nSPS) is 11.5. The van der Waals surface area contributed by atoms with Gasteiger partial charge in [0.05, 0.1) is 5.56 Å². The topological polar surface area (TPSA) is 33.1 Å². The molecule has 0 fully saturated rings. The van der Waals surface area contributed by atoms with Crippen LogP contribution in [0.2, 0.25) is 0 Å². The minimum absolute atomic E-state index is 0.0636. The first-order valence-electron chi connectivity index (χ1n) is 4.78. The van der Waals surface area contributed by atoms with Crippen LogP contribution in [-0.4, -0.2) is 10.1 Å². The third kappa shape index (κ3) is 2.55. The summed E-state index contributed by atoms with van der Waals surface area (Å²) in [5.41, 5.74) is 0.143. The van der Waals surface area contributed by atoms with Gasteiger partial charge in [0.25, 0.3) is 0 Å². The van der Waals surface area contributed by atoms with Crippen LogP contribution in [-0.2, 0) is 6.18 Å². The number of aromatic hydroxyl groups is 1. The average molecular weight is 239 g/mol. The van der Waals surface area contributed by atoms with Gasteiger partial charge in [0, 0.05) is 18.0 Å². The molecule has 88 valence electrons. The van der Waals surface area contributed by atoms with Gasteiger partial charge in [-0.2, -0.15) is 13.2 Å². The second kappa shape index (κ2) is 4.08. The Morgan fingerprint density at radius 1 is 0.941 bits per heavy atom. The van der Waals surface area contributed by atoms with Gasteiger partial charge >= 0.3 is 6.18 Å². The van der Waals surface area contributed by atoms with Gasteiger partial charge in [-0.3, -0.25) is 4.98 Å². The van der Waals surface area contributed by atoms with E-state index in [0.717, 1.165) is 12.3 Å². The number of alkyl halides is 3. The molecular formula is C12H8F3NO. The summed E-state index contributed by atoms with van der Waals surface area (Å²) < 4.78 is 37.4. The number of pyridine rings is 1. The Balaban J connectivity index is 2.43. The lowest BCUT2D eigenvalue weighted by atomic mass is 10.1. The lowest BCUT2D eigenvalue weighted by Gasteiger charge is -2.08. The van der Waals surface area contributed by atoms with Crippen molar-refractivity contribution < 1.29 is 18.3 Å². The first kappa shape index (κ1) is 11.4. The fourth-order valence-electron chi connectivity index (χ4n) is 1.41. The smallest absolute Gasteiger partial charge is 0.417 e. The highest BCUT2D eigenvalue weighted by molar-refractivity contribution is 5.63. The van der Waals surface area contributed by atoms with Crippen LogP contribution >= 0.6 is 0 Å². The lowest BCUT2D eigenvalue weighted by Crippen LogP contribution is -2.05. The predicted octanol–water partition coefficient (Wildman–Crippen LogP) is 3.47. The average Bonchev–Trinajstić information content (AvgIpc) is 2.29. The van der Waals surface area contributed by atoms with Crippen LogP contribution in [0.25, 0.3) is 11.1 Å². The van der Waals surface area contributed by atoms with E-state index >= 15 is 0 Å². The summed E-state index contributed by atoms with van der Waals surface area (Å²) in [5, 5.41) is 9.09. The summed E-state index contributed by atoms with van der Waals surface area (Å²) in [6, 6.07) is 6.92. The molecule has 2 nitrogen and oxygen atoms in total. The van der Waals surface area contributed by atoms with Gasteiger partial charge in [0.2, 0.25) is 0 Å². The minimum atomic E-state index is -4.40. The molecular weight excluding hydrogens is 231 g/mol. The second-order valence-electron chi connectivity index (χ2n) is 3.51. The molecule has 0 atom stereocenters. The van der Waals surface area contributed by atoms with Gasteiger partial charge in [0.1, 0.15) is 5.75 Å². The monoisotopic (exact) mass is 239 g/mol. The first-order chi connectivity index (χ1) is 7.97. The number of rotatable bonds is 1. The molecule has 1 aromatic heterocycles. The van der Waals surface area contributed by atoms with E-state index in [-0.39, 0.29) is 5.75 Å². The molecule has 0 radical (unpaired) electrons. The number of phenols is 1. The summed E-state index contributed by atoms with van der Waals surface area (Å²) in [4.78, 5) is 3.57. The molecule has 0 aliphatic rings. The molecule has 0 saturated heterocycles. The summed E-state index contributed by atoms with van der Waals surface area (Å²) in [5.74, 6) is 0.0636. The van der Waals surface area contributed by atoms with Crippen molar-refractivity contribution in [1.82, 2.24) is 4.98 Å². The molecule has 5 heteroatoms. The van der Waals surface area contributed by atoms with Crippen molar-refractivity contribution in [3.8, 4) is 16.9 Å². The highest BCUT2D eigenvalue weighted by Gasteiger charge is 2.31. The molecule has 1 heterocycles. The quantitative estimate of drug-likeness (QED) is 0.826. The molecule has 0 saturated carbocycles. The summed E-state index contributed by atoms with van der Waals surface area (Å²) in [7, 11) is 0. The Morgan fingerprint density at radius 2 is 1.59 bits per heavy atom. The lowest BCUT2D eigenvalue weighted by molar-refractivity contribution is -0.137. The summed E-state index contributed by atoms with van der Waals surface area (Å²) in [6.45, 7) is 0. The Kier molecular flexibility index (Phi) is 2.75. The van der Waals surface area contributed by atoms with Crippen molar-refractivity contribution in [2.75, 3.05) is 0 Å². The first-order valence-corrected chi connectivity index (χ1v) is 4.78. The van der Waals surface area contributed by atoms with Gasteiger partial charge in [0.15, 0.2) is 0 Å². The summed E-state index contributed by atoms with van der Waals surface area (Å²) >= 11 is 0. The van der Waals surface area contributed by atoms with Crippen LogP contribution in [0, 0.1) is 0 Å². The molecule has 0 amide bonds. The Labute approximate surface area is 95.4 Å². The summed E-state index contributed by atoms with van der Waals surface area (Å²) in [6.07, 6.45) is -2.27. The third-order valence-electron chi connectivity index (χ3n) is 2.27. The van der Waals surface area contributed by atoms with E-state index in [9.17, 15) is 13.2 Å². The van der Waals surface area contributed by atoms with E-state index < -0.39 is 11.7 Å². The largest absolute Gasteiger partial charge is 0.508 e. The molecule has 0 unspecified atom stereocenters. The maximum Gasteiger partial charge on any atom is 0.417 e. The van der Waals surface area contributed by atoms with Crippen molar-refractivity contribution >= 4 is 0 Å². The zero-order valence-electron chi connectivity index (χ0n) is 8.57. The van der Waals surface area contributed by atoms with Crippen molar-refractivity contribution in [1.29, 1.82) is 0 Å². The zero-order chi connectivity index (χ0) is 12.5. The van der Waals surface area contributed by atoms with Crippen LogP contribution in [0.5, 0.6) is 5.75 Å². The maximum absolute atomic E-state index is 12.5. The van der Waals surface area contributed by atoms with E-state index in [1.54, 1.807) is 0 Å². The highest BCUT2D eigenvalue weighted by Crippen LogP contribution is 2.31. The van der Waals surface area contributed by atoms with E-state index in [0.29, 0.717) is 11.1 Å². The number of halogens is 3. The molecule has 17 heavy (non-hydrogen) atoms. The highest BCUT2D eigenvalue weighted by atomic mass is 19.4. The fraction of sp³-hybridized carbons (Fsp3) is 0.0833. The minimum Gasteiger partial charge on any atom is -0.508 e. The number of hydrogen-bond donors (Lipinski definition) is 1. The standard InChI is InChI=1S/C12H8F3NO/c13-12(14,15)10-5-9(6-16-7-10)8-1-3-11(17)4-2-8/h1-7,17H. The van der Waals surface area contributed by atoms with Crippen molar-refractivity contribution in [2.24, 2.45) is 0 Å². The Hall–Kier alpha value is -2.04. The van der Waals surface area contributed by atoms with Crippen LogP contribution < -0.4 is 0 Å². The molecule has 0 aliphatic carbocycles. The predicted molar refractivity (Wildman–Crippen MR) is 56.3 cm³/mol. The molecule has 1 aromatic carbocycles. The van der Waals surface area contributed by atoms with Crippen LogP contribution in [0.4, 0.5) is 13.2 Å². The Morgan fingerprint density at radius 3 is 2.18 bits per heavy atom. The maximum atomic E-state index is 12.5. The van der Waals surface area contributed by atoms with E-state index in [1.165, 1.54) is 30.5 Å². The SMILES string of the molecule is Oc1ccc(-c2cncc(C(F)(F)F)c2)cc1. The van der Waals surface area contributed by atoms with Gasteiger partial charge in [-0.15, -0.1) is 0 Å². The van der Waals surface area contributed by atoms with Crippen LogP contribution in [0.1, 0.15) is 5.56 Å². The van der Waals surface area contributed by atoms with Crippen molar-refractivity contribution in [2.45, 2.75) is 6.18 Å². The number of phenolic OH excluding ortho intramolecular Hbond substituents is 1. The van der Waals surface area contributed by atoms with Crippen molar-refractivity contribution in [3.63, 3.8) is 0 Å². The molecule has 1 N–H and O–H groups in total. The molecule has 2 rings (SSSR count). The van der Waals surface area contributed by atoms with Crippen molar-refractivity contribution in [3.05, 3.63) is 48.3 Å². The molecule has 0 spiro atoms. The zero-order valence-corrected chi connectivity index (χ0v) is 8.57. The van der Waals surface area contributed by atoms with Crippen LogP contribution in [0.3, 0.4) is 0 Å². The molecule has 2 aromatic rings. The second-order valence-corrected chi connectivity index (χ2v) is 3.51. The van der Waals surface area contributed by atoms with Crippen LogP contribution in [0.15, 0.2) is 42.7 Å². The number of benzene rings is 1. The number of aromatic nitrogens is 1. The van der Waals surface area contributed by atoms with E-state index in [1.807, 2.05) is 0 Å². The van der Waals surface area contributed by atoms with E-state index in [2.05, 4.69) is 4.98 Å². The van der Waals surface area contributed by atoms with Gasteiger partial charge in [-0.25, -0.2) is 0 Å². The van der Waals surface area contributed by atoms with Gasteiger partial charge in [-0.1, -0.05) is 12.1 Å².